The van der Waals surface area contributed by atoms with E-state index in [-0.39, 0.29) is 17.9 Å². The van der Waals surface area contributed by atoms with Crippen LogP contribution in [0.3, 0.4) is 0 Å². The second-order valence-electron chi connectivity index (χ2n) is 6.56. The van der Waals surface area contributed by atoms with Crippen molar-refractivity contribution in [3.05, 3.63) is 0 Å². The van der Waals surface area contributed by atoms with Crippen molar-refractivity contribution in [2.24, 2.45) is 11.8 Å². The van der Waals surface area contributed by atoms with Crippen LogP contribution in [-0.2, 0) is 14.3 Å². The maximum atomic E-state index is 12.5. The lowest BCUT2D eigenvalue weighted by molar-refractivity contribution is -0.140. The van der Waals surface area contributed by atoms with Gasteiger partial charge in [-0.3, -0.25) is 9.59 Å². The molecule has 0 bridgehead atoms. The number of hydrogen-bond acceptors (Lipinski definition) is 4. The first-order chi connectivity index (χ1) is 10.6. The van der Waals surface area contributed by atoms with E-state index < -0.39 is 0 Å². The maximum Gasteiger partial charge on any atom is 0.223 e. The zero-order valence-corrected chi connectivity index (χ0v) is 13.8. The molecule has 22 heavy (non-hydrogen) atoms. The number of carbonyl (C=O) groups is 2. The number of nitrogens with zero attached hydrogens (tertiary/aromatic N) is 1. The fourth-order valence-corrected chi connectivity index (χ4v) is 3.26. The highest BCUT2D eigenvalue weighted by Crippen LogP contribution is 2.23. The minimum absolute atomic E-state index is 0.0644. The Balaban J connectivity index is 1.77. The fraction of sp³-hybridized carbons (Fsp3) is 0.875. The molecule has 3 atom stereocenters. The molecule has 0 aromatic heterocycles. The average Bonchev–Trinajstić information content (AvgIpc) is 2.54. The van der Waals surface area contributed by atoms with Crippen molar-refractivity contribution in [2.45, 2.75) is 39.2 Å². The molecule has 2 aliphatic rings. The van der Waals surface area contributed by atoms with Gasteiger partial charge in [0.2, 0.25) is 11.8 Å². The fourth-order valence-electron chi connectivity index (χ4n) is 3.26. The second-order valence-corrected chi connectivity index (χ2v) is 6.56. The first-order valence-electron chi connectivity index (χ1n) is 8.40. The van der Waals surface area contributed by atoms with E-state index in [1.165, 1.54) is 19.8 Å². The van der Waals surface area contributed by atoms with Crippen molar-refractivity contribution in [2.75, 3.05) is 39.3 Å². The number of piperidine rings is 1. The Morgan fingerprint density at radius 3 is 2.95 bits per heavy atom. The van der Waals surface area contributed by atoms with Crippen LogP contribution in [0.2, 0.25) is 0 Å². The minimum atomic E-state index is -0.0896. The van der Waals surface area contributed by atoms with Crippen LogP contribution in [0.25, 0.3) is 0 Å². The molecule has 0 aromatic carbocycles. The Hall–Kier alpha value is -1.14. The second kappa shape index (κ2) is 8.48. The van der Waals surface area contributed by atoms with Crippen molar-refractivity contribution in [1.29, 1.82) is 0 Å². The van der Waals surface area contributed by atoms with E-state index in [2.05, 4.69) is 17.6 Å². The summed E-state index contributed by atoms with van der Waals surface area (Å²) in [5.41, 5.74) is 0. The van der Waals surface area contributed by atoms with Gasteiger partial charge < -0.3 is 20.3 Å². The highest BCUT2D eigenvalue weighted by molar-refractivity contribution is 5.76. The number of carbonyl (C=O) groups excluding carboxylic acids is 2. The Kier molecular flexibility index (Phi) is 6.64. The van der Waals surface area contributed by atoms with Crippen molar-refractivity contribution >= 4 is 11.8 Å². The van der Waals surface area contributed by atoms with E-state index in [0.29, 0.717) is 44.5 Å². The van der Waals surface area contributed by atoms with Crippen LogP contribution in [-0.4, -0.2) is 62.1 Å². The molecule has 3 unspecified atom stereocenters. The van der Waals surface area contributed by atoms with E-state index in [0.717, 1.165) is 13.1 Å². The first-order valence-corrected chi connectivity index (χ1v) is 8.40. The summed E-state index contributed by atoms with van der Waals surface area (Å²) in [6.07, 6.45) is 2.95. The molecule has 0 radical (unpaired) electrons. The lowest BCUT2D eigenvalue weighted by Gasteiger charge is -2.35. The summed E-state index contributed by atoms with van der Waals surface area (Å²) in [7, 11) is 0. The van der Waals surface area contributed by atoms with Crippen molar-refractivity contribution < 1.29 is 14.3 Å². The molecule has 2 saturated heterocycles. The van der Waals surface area contributed by atoms with E-state index in [1.54, 1.807) is 0 Å². The minimum Gasteiger partial charge on any atom is -0.373 e. The number of amides is 2. The zero-order chi connectivity index (χ0) is 15.9. The van der Waals surface area contributed by atoms with Gasteiger partial charge in [0, 0.05) is 33.0 Å². The molecule has 6 heteroatoms. The van der Waals surface area contributed by atoms with Crippen LogP contribution >= 0.6 is 0 Å². The molecule has 2 amide bonds. The van der Waals surface area contributed by atoms with E-state index >= 15 is 0 Å². The molecule has 2 heterocycles. The standard InChI is InChI=1S/C16H29N3O3/c1-12(14-4-3-5-17-9-14)8-16(21)19-6-7-22-15(11-19)10-18-13(2)20/h12,14-15,17H,3-11H2,1-2H3,(H,18,20). The van der Waals surface area contributed by atoms with Gasteiger partial charge in [-0.05, 0) is 37.8 Å². The lowest BCUT2D eigenvalue weighted by Crippen LogP contribution is -2.50. The third kappa shape index (κ3) is 5.25. The van der Waals surface area contributed by atoms with Crippen LogP contribution in [0, 0.1) is 11.8 Å². The molecule has 2 fully saturated rings. The summed E-state index contributed by atoms with van der Waals surface area (Å²) in [4.78, 5) is 25.4. The van der Waals surface area contributed by atoms with Crippen molar-refractivity contribution in [3.8, 4) is 0 Å². The molecule has 2 N–H and O–H groups in total. The number of rotatable bonds is 5. The Labute approximate surface area is 132 Å². The van der Waals surface area contributed by atoms with E-state index in [1.807, 2.05) is 4.90 Å². The van der Waals surface area contributed by atoms with Crippen LogP contribution in [0.15, 0.2) is 0 Å². The predicted molar refractivity (Wildman–Crippen MR) is 84.4 cm³/mol. The predicted octanol–water partition coefficient (Wildman–Crippen LogP) is 0.376. The summed E-state index contributed by atoms with van der Waals surface area (Å²) in [6, 6.07) is 0. The van der Waals surface area contributed by atoms with Gasteiger partial charge in [-0.2, -0.15) is 0 Å². The highest BCUT2D eigenvalue weighted by atomic mass is 16.5. The van der Waals surface area contributed by atoms with Gasteiger partial charge in [0.15, 0.2) is 0 Å². The van der Waals surface area contributed by atoms with Gasteiger partial charge in [0.1, 0.15) is 0 Å². The third-order valence-electron chi connectivity index (χ3n) is 4.71. The zero-order valence-electron chi connectivity index (χ0n) is 13.8. The number of nitrogens with one attached hydrogen (secondary N) is 2. The Morgan fingerprint density at radius 1 is 1.45 bits per heavy atom. The number of morpholine rings is 1. The molecule has 0 aromatic rings. The van der Waals surface area contributed by atoms with Gasteiger partial charge in [0.25, 0.3) is 0 Å². The quantitative estimate of drug-likeness (QED) is 0.770. The van der Waals surface area contributed by atoms with E-state index in [4.69, 9.17) is 4.74 Å². The molecule has 126 valence electrons. The Morgan fingerprint density at radius 2 is 2.27 bits per heavy atom. The van der Waals surface area contributed by atoms with Gasteiger partial charge in [-0.15, -0.1) is 0 Å². The molecule has 0 aliphatic carbocycles. The largest absolute Gasteiger partial charge is 0.373 e. The Bertz CT molecular complexity index is 383. The molecule has 2 rings (SSSR count). The molecule has 0 spiro atoms. The van der Waals surface area contributed by atoms with Crippen LogP contribution in [0.1, 0.15) is 33.1 Å². The number of ether oxygens (including phenoxy) is 1. The maximum absolute atomic E-state index is 12.5. The topological polar surface area (TPSA) is 70.7 Å². The first kappa shape index (κ1) is 17.2. The summed E-state index contributed by atoms with van der Waals surface area (Å²) in [6.45, 7) is 8.07. The summed E-state index contributed by atoms with van der Waals surface area (Å²) in [5, 5.41) is 6.17. The summed E-state index contributed by atoms with van der Waals surface area (Å²) >= 11 is 0. The summed E-state index contributed by atoms with van der Waals surface area (Å²) < 4.78 is 5.61. The number of hydrogen-bond donors (Lipinski definition) is 2. The van der Waals surface area contributed by atoms with Gasteiger partial charge in [-0.25, -0.2) is 0 Å². The van der Waals surface area contributed by atoms with Crippen LogP contribution in [0.4, 0.5) is 0 Å². The normalized spacial score (nSPS) is 27.3. The molecular weight excluding hydrogens is 282 g/mol. The van der Waals surface area contributed by atoms with Gasteiger partial charge >= 0.3 is 0 Å². The van der Waals surface area contributed by atoms with Crippen molar-refractivity contribution in [3.63, 3.8) is 0 Å². The molecule has 0 saturated carbocycles. The molecular formula is C16H29N3O3. The third-order valence-corrected chi connectivity index (χ3v) is 4.71. The van der Waals surface area contributed by atoms with Crippen LogP contribution in [0.5, 0.6) is 0 Å². The average molecular weight is 311 g/mol. The van der Waals surface area contributed by atoms with Crippen molar-refractivity contribution in [1.82, 2.24) is 15.5 Å². The molecule has 2 aliphatic heterocycles. The van der Waals surface area contributed by atoms with E-state index in [9.17, 15) is 9.59 Å². The molecule has 6 nitrogen and oxygen atoms in total. The van der Waals surface area contributed by atoms with Crippen LogP contribution < -0.4 is 10.6 Å². The SMILES string of the molecule is CC(=O)NCC1CN(C(=O)CC(C)C2CCCNC2)CCO1. The monoisotopic (exact) mass is 311 g/mol. The van der Waals surface area contributed by atoms with Gasteiger partial charge in [0.05, 0.1) is 12.7 Å². The highest BCUT2D eigenvalue weighted by Gasteiger charge is 2.28. The summed E-state index contributed by atoms with van der Waals surface area (Å²) in [5.74, 6) is 1.17. The lowest BCUT2D eigenvalue weighted by atomic mass is 9.85. The smallest absolute Gasteiger partial charge is 0.223 e. The van der Waals surface area contributed by atoms with Gasteiger partial charge in [-0.1, -0.05) is 6.92 Å².